The zero-order valence-corrected chi connectivity index (χ0v) is 19.9. The molecule has 5 rings (SSSR count). The third-order valence-electron chi connectivity index (χ3n) is 10.4. The van der Waals surface area contributed by atoms with Crippen LogP contribution in [0.2, 0.25) is 0 Å². The second-order valence-electron chi connectivity index (χ2n) is 11.6. The standard InChI is InChI=1S/C27H36O6.K.H/c1-4-26(22(30)14-18(29)15-23(31)33-26)27(32)12-9-21-19-6-5-16-13-17(28)7-10-24(16,2)20(19)8-11-25(21,27)3;;/h5-6,13,18-21,29,32H,4,7-12,14-15H2,1-3H3;;/t18?,19-,20+,21?,24-,25-,26-,27-;;/m0../s1. The van der Waals surface area contributed by atoms with Crippen molar-refractivity contribution in [3.8, 4) is 0 Å². The van der Waals surface area contributed by atoms with E-state index in [-0.39, 0.29) is 99.5 Å². The maximum absolute atomic E-state index is 13.4. The van der Waals surface area contributed by atoms with Gasteiger partial charge in [0.2, 0.25) is 0 Å². The maximum atomic E-state index is 13.4. The number of ketones is 2. The molecule has 2 saturated carbocycles. The monoisotopic (exact) mass is 496 g/mol. The molecule has 0 bridgehead atoms. The van der Waals surface area contributed by atoms with Crippen molar-refractivity contribution in [3.05, 3.63) is 23.8 Å². The van der Waals surface area contributed by atoms with Gasteiger partial charge in [-0.05, 0) is 73.3 Å². The van der Waals surface area contributed by atoms with Gasteiger partial charge in [0, 0.05) is 18.3 Å². The summed E-state index contributed by atoms with van der Waals surface area (Å²) in [6.45, 7) is 6.15. The van der Waals surface area contributed by atoms with Gasteiger partial charge in [-0.25, -0.2) is 0 Å². The van der Waals surface area contributed by atoms with Crippen molar-refractivity contribution < 1.29 is 29.3 Å². The van der Waals surface area contributed by atoms with Crippen molar-refractivity contribution in [2.75, 3.05) is 0 Å². The summed E-state index contributed by atoms with van der Waals surface area (Å²) in [4.78, 5) is 38.0. The second-order valence-corrected chi connectivity index (χ2v) is 11.6. The Balaban J connectivity index is 0.00000274. The van der Waals surface area contributed by atoms with Crippen LogP contribution < -0.4 is 0 Å². The molecule has 0 spiro atoms. The van der Waals surface area contributed by atoms with Gasteiger partial charge >= 0.3 is 57.4 Å². The van der Waals surface area contributed by atoms with E-state index >= 15 is 0 Å². The molecule has 0 amide bonds. The molecule has 0 aromatic carbocycles. The van der Waals surface area contributed by atoms with Crippen LogP contribution in [0.5, 0.6) is 0 Å². The summed E-state index contributed by atoms with van der Waals surface area (Å²) in [5.41, 5.74) is -2.62. The number of cyclic esters (lactones) is 1. The zero-order chi connectivity index (χ0) is 23.8. The number of aliphatic hydroxyl groups excluding tert-OH is 1. The van der Waals surface area contributed by atoms with Crippen LogP contribution >= 0.6 is 0 Å². The van der Waals surface area contributed by atoms with Gasteiger partial charge in [-0.2, -0.15) is 0 Å². The average molecular weight is 497 g/mol. The van der Waals surface area contributed by atoms with Crippen molar-refractivity contribution in [3.63, 3.8) is 0 Å². The van der Waals surface area contributed by atoms with E-state index in [0.717, 1.165) is 31.3 Å². The van der Waals surface area contributed by atoms with Crippen molar-refractivity contribution >= 4 is 68.9 Å². The van der Waals surface area contributed by atoms with Crippen LogP contribution in [0.1, 0.15) is 78.6 Å². The number of Topliss-reactive ketones (excluding diaryl/α,β-unsaturated/α-hetero) is 1. The first-order valence-electron chi connectivity index (χ1n) is 12.6. The Morgan fingerprint density at radius 1 is 1.06 bits per heavy atom. The number of aliphatic hydroxyl groups is 2. The fraction of sp³-hybridized carbons (Fsp3) is 0.741. The quantitative estimate of drug-likeness (QED) is 0.450. The molecular formula is C27H37KO6. The summed E-state index contributed by atoms with van der Waals surface area (Å²) in [7, 11) is 0. The van der Waals surface area contributed by atoms with Crippen molar-refractivity contribution in [2.24, 2.45) is 28.6 Å². The van der Waals surface area contributed by atoms with Crippen LogP contribution in [0.3, 0.4) is 0 Å². The number of hydrogen-bond donors (Lipinski definition) is 2. The van der Waals surface area contributed by atoms with Gasteiger partial charge in [-0.15, -0.1) is 0 Å². The van der Waals surface area contributed by atoms with Crippen LogP contribution in [0.15, 0.2) is 23.8 Å². The molecule has 6 nitrogen and oxygen atoms in total. The molecule has 8 atom stereocenters. The molecule has 0 radical (unpaired) electrons. The van der Waals surface area contributed by atoms with Crippen LogP contribution in [0, 0.1) is 28.6 Å². The van der Waals surface area contributed by atoms with E-state index in [4.69, 9.17) is 4.74 Å². The fourth-order valence-corrected chi connectivity index (χ4v) is 8.49. The molecule has 1 heterocycles. The third-order valence-corrected chi connectivity index (χ3v) is 10.4. The number of carbonyl (C=O) groups excluding carboxylic acids is 3. The Kier molecular flexibility index (Phi) is 7.12. The predicted molar refractivity (Wildman–Crippen MR) is 128 cm³/mol. The summed E-state index contributed by atoms with van der Waals surface area (Å²) in [5, 5.41) is 22.5. The summed E-state index contributed by atoms with van der Waals surface area (Å²) in [6, 6.07) is 0. The predicted octanol–water partition coefficient (Wildman–Crippen LogP) is 2.79. The van der Waals surface area contributed by atoms with Gasteiger partial charge in [-0.1, -0.05) is 32.9 Å². The average Bonchev–Trinajstić information content (AvgIpc) is 2.97. The first-order valence-corrected chi connectivity index (χ1v) is 12.6. The van der Waals surface area contributed by atoms with Crippen molar-refractivity contribution in [2.45, 2.75) is 95.9 Å². The molecule has 2 N–H and O–H groups in total. The first-order chi connectivity index (χ1) is 15.5. The van der Waals surface area contributed by atoms with Gasteiger partial charge in [0.1, 0.15) is 5.60 Å². The molecule has 34 heavy (non-hydrogen) atoms. The summed E-state index contributed by atoms with van der Waals surface area (Å²) >= 11 is 0. The summed E-state index contributed by atoms with van der Waals surface area (Å²) < 4.78 is 5.82. The Morgan fingerprint density at radius 2 is 1.76 bits per heavy atom. The third kappa shape index (κ3) is 3.52. The Morgan fingerprint density at radius 3 is 2.47 bits per heavy atom. The molecule has 182 valence electrons. The van der Waals surface area contributed by atoms with Gasteiger partial charge in [0.05, 0.1) is 12.5 Å². The summed E-state index contributed by atoms with van der Waals surface area (Å²) in [6.07, 6.45) is 9.09. The SMILES string of the molecule is CC[C@]1([C@]2(O)CCC3[C@H]4C=CC5=CC(=O)CC[C@]5(C)[C@@H]4CC[C@@]32C)OC(=O)CC(O)CC1=O.[KH]. The molecule has 0 aromatic heterocycles. The van der Waals surface area contributed by atoms with Crippen LogP contribution in [-0.2, 0) is 19.1 Å². The second kappa shape index (κ2) is 9.00. The minimum absolute atomic E-state index is 0. The molecule has 3 fully saturated rings. The number of esters is 1. The van der Waals surface area contributed by atoms with E-state index in [1.54, 1.807) is 6.92 Å². The van der Waals surface area contributed by atoms with Gasteiger partial charge in [0.25, 0.3) is 0 Å². The number of ether oxygens (including phenoxy) is 1. The number of allylic oxidation sites excluding steroid dienone is 4. The van der Waals surface area contributed by atoms with Gasteiger partial charge in [0.15, 0.2) is 17.2 Å². The van der Waals surface area contributed by atoms with Crippen LogP contribution in [0.4, 0.5) is 0 Å². The van der Waals surface area contributed by atoms with E-state index in [1.807, 2.05) is 6.08 Å². The molecule has 5 aliphatic rings. The van der Waals surface area contributed by atoms with E-state index < -0.39 is 28.7 Å². The van der Waals surface area contributed by atoms with Crippen molar-refractivity contribution in [1.29, 1.82) is 0 Å². The molecule has 2 unspecified atom stereocenters. The normalized spacial score (nSPS) is 48.0. The van der Waals surface area contributed by atoms with Gasteiger partial charge < -0.3 is 14.9 Å². The summed E-state index contributed by atoms with van der Waals surface area (Å²) in [5.74, 6) is -0.00908. The Bertz CT molecular complexity index is 972. The molecule has 1 saturated heterocycles. The first kappa shape index (κ1) is 26.9. The molecule has 7 heteroatoms. The fourth-order valence-electron chi connectivity index (χ4n) is 8.49. The molecular weight excluding hydrogens is 459 g/mol. The van der Waals surface area contributed by atoms with Gasteiger partial charge in [-0.3, -0.25) is 14.4 Å². The van der Waals surface area contributed by atoms with Crippen LogP contribution in [-0.4, -0.2) is 96.4 Å². The number of hydrogen-bond acceptors (Lipinski definition) is 6. The topological polar surface area (TPSA) is 101 Å². The minimum atomic E-state index is -1.62. The van der Waals surface area contributed by atoms with E-state index in [2.05, 4.69) is 26.0 Å². The van der Waals surface area contributed by atoms with E-state index in [1.165, 1.54) is 0 Å². The zero-order valence-electron chi connectivity index (χ0n) is 19.9. The van der Waals surface area contributed by atoms with E-state index in [0.29, 0.717) is 18.8 Å². The molecule has 0 aromatic rings. The number of carbonyl (C=O) groups is 3. The van der Waals surface area contributed by atoms with E-state index in [9.17, 15) is 24.6 Å². The van der Waals surface area contributed by atoms with Crippen LogP contribution in [0.25, 0.3) is 0 Å². The number of rotatable bonds is 2. The Labute approximate surface area is 244 Å². The Hall–Kier alpha value is -0.154. The molecule has 1 aliphatic heterocycles. The number of fused-ring (bicyclic) bond motifs is 5. The molecule has 4 aliphatic carbocycles. The van der Waals surface area contributed by atoms with Crippen molar-refractivity contribution in [1.82, 2.24) is 0 Å².